The average molecular weight is 194 g/mol. The summed E-state index contributed by atoms with van der Waals surface area (Å²) >= 11 is 0. The van der Waals surface area contributed by atoms with E-state index in [2.05, 4.69) is 16.8 Å². The molecule has 3 heteroatoms. The van der Waals surface area contributed by atoms with Crippen molar-refractivity contribution in [1.29, 1.82) is 0 Å². The predicted molar refractivity (Wildman–Crippen MR) is 58.4 cm³/mol. The second-order valence-corrected chi connectivity index (χ2v) is 3.54. The molecule has 1 aromatic rings. The lowest BCUT2D eigenvalue weighted by atomic mass is 10.1. The Bertz CT molecular complexity index is 247. The van der Waals surface area contributed by atoms with Crippen molar-refractivity contribution in [1.82, 2.24) is 4.98 Å². The van der Waals surface area contributed by atoms with Crippen LogP contribution in [-0.2, 0) is 0 Å². The van der Waals surface area contributed by atoms with E-state index in [0.717, 1.165) is 18.7 Å². The largest absolute Gasteiger partial charge is 0.396 e. The predicted octanol–water partition coefficient (Wildman–Crippen LogP) is 1.54. The third-order valence-electron chi connectivity index (χ3n) is 2.47. The van der Waals surface area contributed by atoms with Gasteiger partial charge >= 0.3 is 0 Å². The van der Waals surface area contributed by atoms with Crippen LogP contribution in [0.15, 0.2) is 24.5 Å². The van der Waals surface area contributed by atoms with Gasteiger partial charge in [0.05, 0.1) is 0 Å². The van der Waals surface area contributed by atoms with Crippen LogP contribution in [0, 0.1) is 5.92 Å². The molecule has 1 aromatic heterocycles. The summed E-state index contributed by atoms with van der Waals surface area (Å²) in [7, 11) is 2.04. The highest BCUT2D eigenvalue weighted by molar-refractivity contribution is 5.43. The third-order valence-corrected chi connectivity index (χ3v) is 2.47. The average Bonchev–Trinajstić information content (AvgIpc) is 2.26. The standard InChI is InChI=1S/C11H18N2O/c1-3-10(9-14)8-13(2)11-4-6-12-7-5-11/h4-7,10,14H,3,8-9H2,1-2H3. The molecular formula is C11H18N2O. The van der Waals surface area contributed by atoms with Crippen LogP contribution in [0.3, 0.4) is 0 Å². The van der Waals surface area contributed by atoms with E-state index in [4.69, 9.17) is 5.11 Å². The van der Waals surface area contributed by atoms with Crippen LogP contribution in [-0.4, -0.2) is 30.3 Å². The Morgan fingerprint density at radius 1 is 1.43 bits per heavy atom. The zero-order valence-electron chi connectivity index (χ0n) is 8.85. The van der Waals surface area contributed by atoms with Gasteiger partial charge in [0.1, 0.15) is 0 Å². The molecule has 1 atom stereocenters. The molecule has 1 N–H and O–H groups in total. The van der Waals surface area contributed by atoms with E-state index in [0.29, 0.717) is 5.92 Å². The number of aliphatic hydroxyl groups excluding tert-OH is 1. The van der Waals surface area contributed by atoms with Crippen LogP contribution in [0.2, 0.25) is 0 Å². The fourth-order valence-electron chi connectivity index (χ4n) is 1.41. The molecule has 0 saturated carbocycles. The summed E-state index contributed by atoms with van der Waals surface area (Å²) in [6.07, 6.45) is 4.57. The van der Waals surface area contributed by atoms with E-state index in [1.54, 1.807) is 12.4 Å². The summed E-state index contributed by atoms with van der Waals surface area (Å²) in [4.78, 5) is 6.12. The molecule has 3 nitrogen and oxygen atoms in total. The monoisotopic (exact) mass is 194 g/mol. The minimum atomic E-state index is 0.256. The molecule has 14 heavy (non-hydrogen) atoms. The molecule has 1 unspecified atom stereocenters. The maximum atomic E-state index is 9.08. The van der Waals surface area contributed by atoms with Gasteiger partial charge in [0, 0.05) is 38.3 Å². The lowest BCUT2D eigenvalue weighted by Crippen LogP contribution is -2.26. The Hall–Kier alpha value is -1.09. The molecule has 0 aliphatic rings. The fourth-order valence-corrected chi connectivity index (χ4v) is 1.41. The van der Waals surface area contributed by atoms with Crippen LogP contribution in [0.5, 0.6) is 0 Å². The van der Waals surface area contributed by atoms with Gasteiger partial charge in [-0.25, -0.2) is 0 Å². The molecule has 0 amide bonds. The van der Waals surface area contributed by atoms with E-state index in [9.17, 15) is 0 Å². The zero-order valence-corrected chi connectivity index (χ0v) is 8.85. The maximum absolute atomic E-state index is 9.08. The van der Waals surface area contributed by atoms with E-state index >= 15 is 0 Å². The number of hydrogen-bond donors (Lipinski definition) is 1. The lowest BCUT2D eigenvalue weighted by Gasteiger charge is -2.23. The summed E-state index contributed by atoms with van der Waals surface area (Å²) in [6, 6.07) is 3.95. The van der Waals surface area contributed by atoms with Crippen LogP contribution in [0.4, 0.5) is 5.69 Å². The van der Waals surface area contributed by atoms with Gasteiger partial charge in [0.25, 0.3) is 0 Å². The lowest BCUT2D eigenvalue weighted by molar-refractivity contribution is 0.225. The van der Waals surface area contributed by atoms with Crippen molar-refractivity contribution in [2.24, 2.45) is 5.92 Å². The quantitative estimate of drug-likeness (QED) is 0.772. The number of hydrogen-bond acceptors (Lipinski definition) is 3. The SMILES string of the molecule is CCC(CO)CN(C)c1ccncc1. The Morgan fingerprint density at radius 2 is 2.07 bits per heavy atom. The van der Waals surface area contributed by atoms with Gasteiger partial charge in [-0.15, -0.1) is 0 Å². The molecule has 0 aliphatic carbocycles. The molecule has 0 bridgehead atoms. The first-order valence-electron chi connectivity index (χ1n) is 5.00. The summed E-state index contributed by atoms with van der Waals surface area (Å²) in [5, 5.41) is 9.08. The highest BCUT2D eigenvalue weighted by Gasteiger charge is 2.08. The fraction of sp³-hybridized carbons (Fsp3) is 0.545. The number of rotatable bonds is 5. The van der Waals surface area contributed by atoms with Crippen molar-refractivity contribution in [3.05, 3.63) is 24.5 Å². The maximum Gasteiger partial charge on any atom is 0.0476 e. The van der Waals surface area contributed by atoms with E-state index in [1.807, 2.05) is 19.2 Å². The second-order valence-electron chi connectivity index (χ2n) is 3.54. The zero-order chi connectivity index (χ0) is 10.4. The topological polar surface area (TPSA) is 36.4 Å². The molecule has 1 heterocycles. The molecule has 0 aromatic carbocycles. The molecule has 0 aliphatic heterocycles. The first-order valence-corrected chi connectivity index (χ1v) is 5.00. The molecule has 0 radical (unpaired) electrons. The van der Waals surface area contributed by atoms with Crippen LogP contribution < -0.4 is 4.90 Å². The summed E-state index contributed by atoms with van der Waals surface area (Å²) in [5.41, 5.74) is 1.15. The molecule has 0 spiro atoms. The van der Waals surface area contributed by atoms with Gasteiger partial charge < -0.3 is 10.0 Å². The highest BCUT2D eigenvalue weighted by atomic mass is 16.3. The summed E-state index contributed by atoms with van der Waals surface area (Å²) in [6.45, 7) is 3.24. The highest BCUT2D eigenvalue weighted by Crippen LogP contribution is 2.13. The first kappa shape index (κ1) is 11.0. The number of aromatic nitrogens is 1. The van der Waals surface area contributed by atoms with Gasteiger partial charge in [-0.3, -0.25) is 4.98 Å². The summed E-state index contributed by atoms with van der Waals surface area (Å²) < 4.78 is 0. The Labute approximate surface area is 85.4 Å². The van der Waals surface area contributed by atoms with Gasteiger partial charge in [0.15, 0.2) is 0 Å². The normalized spacial score (nSPS) is 12.5. The number of pyridine rings is 1. The Morgan fingerprint density at radius 3 is 2.57 bits per heavy atom. The number of nitrogens with zero attached hydrogens (tertiary/aromatic N) is 2. The minimum Gasteiger partial charge on any atom is -0.396 e. The van der Waals surface area contributed by atoms with E-state index in [1.165, 1.54) is 0 Å². The van der Waals surface area contributed by atoms with Crippen LogP contribution >= 0.6 is 0 Å². The Balaban J connectivity index is 2.54. The van der Waals surface area contributed by atoms with Crippen molar-refractivity contribution in [2.45, 2.75) is 13.3 Å². The number of anilines is 1. The van der Waals surface area contributed by atoms with Gasteiger partial charge in [-0.2, -0.15) is 0 Å². The van der Waals surface area contributed by atoms with Gasteiger partial charge in [0.2, 0.25) is 0 Å². The van der Waals surface area contributed by atoms with Crippen molar-refractivity contribution < 1.29 is 5.11 Å². The Kier molecular flexibility index (Phi) is 4.40. The van der Waals surface area contributed by atoms with Crippen molar-refractivity contribution in [3.8, 4) is 0 Å². The smallest absolute Gasteiger partial charge is 0.0476 e. The molecule has 78 valence electrons. The minimum absolute atomic E-state index is 0.256. The van der Waals surface area contributed by atoms with Crippen molar-refractivity contribution in [2.75, 3.05) is 25.1 Å². The number of aliphatic hydroxyl groups is 1. The first-order chi connectivity index (χ1) is 6.77. The summed E-state index contributed by atoms with van der Waals surface area (Å²) in [5.74, 6) is 0.355. The van der Waals surface area contributed by atoms with Crippen molar-refractivity contribution in [3.63, 3.8) is 0 Å². The van der Waals surface area contributed by atoms with E-state index in [-0.39, 0.29) is 6.61 Å². The molecule has 0 fully saturated rings. The molecular weight excluding hydrogens is 176 g/mol. The van der Waals surface area contributed by atoms with Crippen LogP contribution in [0.25, 0.3) is 0 Å². The third kappa shape index (κ3) is 3.00. The van der Waals surface area contributed by atoms with Gasteiger partial charge in [-0.1, -0.05) is 6.92 Å². The molecule has 1 rings (SSSR count). The second kappa shape index (κ2) is 5.60. The van der Waals surface area contributed by atoms with Gasteiger partial charge in [-0.05, 0) is 24.5 Å². The van der Waals surface area contributed by atoms with Crippen molar-refractivity contribution >= 4 is 5.69 Å². The molecule has 0 saturated heterocycles. The van der Waals surface area contributed by atoms with E-state index < -0.39 is 0 Å². The van der Waals surface area contributed by atoms with Crippen LogP contribution in [0.1, 0.15) is 13.3 Å².